The van der Waals surface area contributed by atoms with E-state index in [1.807, 2.05) is 0 Å². The van der Waals surface area contributed by atoms with Gasteiger partial charge in [0, 0.05) is 5.02 Å². The molecule has 0 spiro atoms. The number of halogens is 2. The third-order valence-corrected chi connectivity index (χ3v) is 4.95. The van der Waals surface area contributed by atoms with E-state index in [4.69, 9.17) is 23.2 Å². The summed E-state index contributed by atoms with van der Waals surface area (Å²) >= 11 is 11.7. The Kier molecular flexibility index (Phi) is 4.30. The van der Waals surface area contributed by atoms with E-state index in [0.717, 1.165) is 0 Å². The van der Waals surface area contributed by atoms with Gasteiger partial charge in [0.2, 0.25) is 9.84 Å². The minimum Gasteiger partial charge on any atom is -0.218 e. The summed E-state index contributed by atoms with van der Waals surface area (Å²) < 4.78 is 24.1. The molecule has 2 nitrogen and oxygen atoms in total. The third kappa shape index (κ3) is 3.38. The van der Waals surface area contributed by atoms with Gasteiger partial charge in [-0.25, -0.2) is 8.42 Å². The van der Waals surface area contributed by atoms with E-state index in [1.165, 1.54) is 18.2 Å². The molecule has 2 aromatic rings. The Morgan fingerprint density at radius 1 is 0.947 bits per heavy atom. The second kappa shape index (κ2) is 5.78. The molecule has 98 valence electrons. The monoisotopic (exact) mass is 312 g/mol. The van der Waals surface area contributed by atoms with Crippen LogP contribution in [0.5, 0.6) is 0 Å². The fourth-order valence-electron chi connectivity index (χ4n) is 1.48. The Hall–Kier alpha value is -1.29. The van der Waals surface area contributed by atoms with Gasteiger partial charge in [-0.15, -0.1) is 0 Å². The number of hydrogen-bond acceptors (Lipinski definition) is 2. The number of sulfone groups is 1. The van der Waals surface area contributed by atoms with E-state index >= 15 is 0 Å². The Labute approximate surface area is 122 Å². The van der Waals surface area contributed by atoms with Gasteiger partial charge in [-0.3, -0.25) is 0 Å². The first-order valence-corrected chi connectivity index (χ1v) is 7.67. The van der Waals surface area contributed by atoms with Crippen LogP contribution in [0.15, 0.2) is 63.9 Å². The Morgan fingerprint density at radius 3 is 2.11 bits per heavy atom. The van der Waals surface area contributed by atoms with Crippen molar-refractivity contribution in [2.24, 2.45) is 0 Å². The molecule has 19 heavy (non-hydrogen) atoms. The zero-order valence-electron chi connectivity index (χ0n) is 9.75. The molecule has 2 aromatic carbocycles. The largest absolute Gasteiger partial charge is 0.218 e. The van der Waals surface area contributed by atoms with Gasteiger partial charge in [-0.2, -0.15) is 0 Å². The van der Waals surface area contributed by atoms with Crippen LogP contribution in [0.3, 0.4) is 0 Å². The number of hydrogen-bond donors (Lipinski definition) is 0. The fraction of sp³-hybridized carbons (Fsp3) is 0. The van der Waals surface area contributed by atoms with Gasteiger partial charge >= 0.3 is 0 Å². The van der Waals surface area contributed by atoms with Gasteiger partial charge in [0.05, 0.1) is 4.90 Å². The molecule has 0 saturated heterocycles. The topological polar surface area (TPSA) is 34.1 Å². The molecule has 0 aliphatic carbocycles. The van der Waals surface area contributed by atoms with E-state index in [9.17, 15) is 8.42 Å². The summed E-state index contributed by atoms with van der Waals surface area (Å²) in [5, 5.41) is 0.583. The first kappa shape index (κ1) is 14.1. The molecule has 0 unspecified atom stereocenters. The van der Waals surface area contributed by atoms with E-state index < -0.39 is 9.84 Å². The Balaban J connectivity index is 2.38. The molecule has 0 N–H and O–H groups in total. The molecule has 0 aromatic heterocycles. The maximum absolute atomic E-state index is 12.2. The molecule has 0 amide bonds. The second-order valence-corrected chi connectivity index (χ2v) is 6.80. The molecule has 0 fully saturated rings. The highest BCUT2D eigenvalue weighted by molar-refractivity contribution is 7.97. The Bertz CT molecular complexity index is 690. The minimum absolute atomic E-state index is 0.171. The van der Waals surface area contributed by atoms with Crippen molar-refractivity contribution in [3.63, 3.8) is 0 Å². The lowest BCUT2D eigenvalue weighted by Gasteiger charge is -2.03. The van der Waals surface area contributed by atoms with Crippen LogP contribution >= 0.6 is 23.2 Å². The summed E-state index contributed by atoms with van der Waals surface area (Å²) in [7, 11) is -3.65. The molecule has 5 heteroatoms. The van der Waals surface area contributed by atoms with Gasteiger partial charge in [0.25, 0.3) is 0 Å². The predicted octanol–water partition coefficient (Wildman–Crippen LogP) is 4.35. The van der Waals surface area contributed by atoms with Crippen molar-refractivity contribution in [3.05, 3.63) is 69.5 Å². The maximum Gasteiger partial charge on any atom is 0.217 e. The zero-order chi connectivity index (χ0) is 13.9. The van der Waals surface area contributed by atoms with Crippen LogP contribution < -0.4 is 0 Å². The lowest BCUT2D eigenvalue weighted by atomic mass is 10.2. The van der Waals surface area contributed by atoms with Crippen molar-refractivity contribution >= 4 is 39.1 Å². The summed E-state index contributed by atoms with van der Waals surface area (Å²) in [6.07, 6.45) is 1.40. The van der Waals surface area contributed by atoms with Crippen molar-refractivity contribution in [2.75, 3.05) is 0 Å². The van der Waals surface area contributed by atoms with Crippen LogP contribution in [-0.4, -0.2) is 8.42 Å². The third-order valence-electron chi connectivity index (χ3n) is 2.46. The van der Waals surface area contributed by atoms with Crippen LogP contribution in [0.25, 0.3) is 6.08 Å². The van der Waals surface area contributed by atoms with Crippen molar-refractivity contribution in [3.8, 4) is 0 Å². The summed E-state index contributed by atoms with van der Waals surface area (Å²) in [4.78, 5) is 0.171. The van der Waals surface area contributed by atoms with Crippen LogP contribution in [0.2, 0.25) is 5.02 Å². The fourth-order valence-corrected chi connectivity index (χ4v) is 3.03. The van der Waals surface area contributed by atoms with Crippen molar-refractivity contribution < 1.29 is 8.42 Å². The molecule has 0 heterocycles. The van der Waals surface area contributed by atoms with E-state index in [0.29, 0.717) is 10.6 Å². The molecule has 0 aliphatic heterocycles. The van der Waals surface area contributed by atoms with Crippen LogP contribution in [-0.2, 0) is 9.84 Å². The highest BCUT2D eigenvalue weighted by Gasteiger charge is 2.18. The molecule has 0 saturated carbocycles. The summed E-state index contributed by atoms with van der Waals surface area (Å²) in [5.74, 6) is 0. The number of benzene rings is 2. The SMILES string of the molecule is O=S(=O)(/C(Cl)=C\c1ccc(Cl)cc1)c1ccccc1. The van der Waals surface area contributed by atoms with Crippen molar-refractivity contribution in [2.45, 2.75) is 4.90 Å². The van der Waals surface area contributed by atoms with Gasteiger partial charge in [-0.05, 0) is 35.9 Å². The average Bonchev–Trinajstić information content (AvgIpc) is 2.42. The maximum atomic E-state index is 12.2. The van der Waals surface area contributed by atoms with E-state index in [2.05, 4.69) is 0 Å². The summed E-state index contributed by atoms with van der Waals surface area (Å²) in [5.41, 5.74) is 0.675. The quantitative estimate of drug-likeness (QED) is 0.844. The minimum atomic E-state index is -3.65. The zero-order valence-corrected chi connectivity index (χ0v) is 12.1. The van der Waals surface area contributed by atoms with Gasteiger partial charge in [0.1, 0.15) is 4.36 Å². The van der Waals surface area contributed by atoms with E-state index in [-0.39, 0.29) is 9.26 Å². The molecule has 0 atom stereocenters. The van der Waals surface area contributed by atoms with Gasteiger partial charge in [0.15, 0.2) is 0 Å². The second-order valence-electron chi connectivity index (χ2n) is 3.82. The van der Waals surface area contributed by atoms with E-state index in [1.54, 1.807) is 42.5 Å². The van der Waals surface area contributed by atoms with Crippen LogP contribution in [0.1, 0.15) is 5.56 Å². The highest BCUT2D eigenvalue weighted by Crippen LogP contribution is 2.24. The molecular weight excluding hydrogens is 303 g/mol. The molecule has 0 aliphatic rings. The molecular formula is C14H10Cl2O2S. The normalized spacial score (nSPS) is 12.4. The summed E-state index contributed by atoms with van der Waals surface area (Å²) in [6, 6.07) is 14.8. The molecule has 2 rings (SSSR count). The van der Waals surface area contributed by atoms with Crippen LogP contribution in [0, 0.1) is 0 Å². The smallest absolute Gasteiger partial charge is 0.217 e. The lowest BCUT2D eigenvalue weighted by Crippen LogP contribution is -2.00. The van der Waals surface area contributed by atoms with Crippen molar-refractivity contribution in [1.82, 2.24) is 0 Å². The summed E-state index contributed by atoms with van der Waals surface area (Å²) in [6.45, 7) is 0. The highest BCUT2D eigenvalue weighted by atomic mass is 35.5. The van der Waals surface area contributed by atoms with Gasteiger partial charge in [-0.1, -0.05) is 53.5 Å². The predicted molar refractivity (Wildman–Crippen MR) is 78.9 cm³/mol. The molecule has 0 bridgehead atoms. The standard InChI is InChI=1S/C14H10Cl2O2S/c15-12-8-6-11(7-9-12)10-14(16)19(17,18)13-4-2-1-3-5-13/h1-10H/b14-10-. The first-order valence-electron chi connectivity index (χ1n) is 5.43. The van der Waals surface area contributed by atoms with Gasteiger partial charge < -0.3 is 0 Å². The number of rotatable bonds is 3. The average molecular weight is 313 g/mol. The lowest BCUT2D eigenvalue weighted by molar-refractivity contribution is 0.604. The Morgan fingerprint density at radius 2 is 1.53 bits per heavy atom. The first-order chi connectivity index (χ1) is 9.00. The van der Waals surface area contributed by atoms with Crippen molar-refractivity contribution in [1.29, 1.82) is 0 Å². The molecule has 0 radical (unpaired) electrons. The van der Waals surface area contributed by atoms with Crippen LogP contribution in [0.4, 0.5) is 0 Å².